The van der Waals surface area contributed by atoms with Gasteiger partial charge in [0.2, 0.25) is 0 Å². The monoisotopic (exact) mass is 345 g/mol. The highest BCUT2D eigenvalue weighted by atomic mass is 19.1. The van der Waals surface area contributed by atoms with Gasteiger partial charge in [-0.05, 0) is 33.0 Å². The number of hydrogen-bond acceptors (Lipinski definition) is 4. The van der Waals surface area contributed by atoms with Crippen molar-refractivity contribution in [2.45, 2.75) is 25.3 Å². The minimum absolute atomic E-state index is 0.0894. The van der Waals surface area contributed by atoms with Crippen LogP contribution in [-0.2, 0) is 6.54 Å². The molecule has 1 aliphatic heterocycles. The number of nitrogens with zero attached hydrogens (tertiary/aromatic N) is 5. The van der Waals surface area contributed by atoms with Crippen molar-refractivity contribution in [3.05, 3.63) is 48.1 Å². The first-order valence-corrected chi connectivity index (χ1v) is 8.61. The number of aromatic nitrogens is 3. The van der Waals surface area contributed by atoms with Gasteiger partial charge in [0.25, 0.3) is 5.91 Å². The molecule has 0 bridgehead atoms. The molecule has 134 valence electrons. The van der Waals surface area contributed by atoms with Gasteiger partial charge < -0.3 is 14.4 Å². The number of likely N-dealkylation sites (N-methyl/N-ethyl adjacent to an activating group) is 1. The largest absolute Gasteiger partial charge is 0.338 e. The Labute approximate surface area is 147 Å². The molecule has 0 radical (unpaired) electrons. The molecule has 7 heteroatoms. The summed E-state index contributed by atoms with van der Waals surface area (Å²) in [5.41, 5.74) is 0.0894. The molecule has 3 rings (SSSR count). The van der Waals surface area contributed by atoms with Gasteiger partial charge in [-0.3, -0.25) is 9.78 Å². The lowest BCUT2D eigenvalue weighted by Crippen LogP contribution is -2.40. The van der Waals surface area contributed by atoms with Gasteiger partial charge in [-0.15, -0.1) is 0 Å². The summed E-state index contributed by atoms with van der Waals surface area (Å²) in [5, 5.41) is 0. The number of halogens is 1. The van der Waals surface area contributed by atoms with Gasteiger partial charge in [-0.2, -0.15) is 0 Å². The zero-order chi connectivity index (χ0) is 17.8. The first-order valence-electron chi connectivity index (χ1n) is 8.61. The van der Waals surface area contributed by atoms with Crippen LogP contribution >= 0.6 is 0 Å². The third-order valence-corrected chi connectivity index (χ3v) is 4.61. The van der Waals surface area contributed by atoms with Crippen LogP contribution in [0, 0.1) is 5.82 Å². The normalized spacial score (nSPS) is 17.9. The van der Waals surface area contributed by atoms with Crippen molar-refractivity contribution in [1.29, 1.82) is 0 Å². The van der Waals surface area contributed by atoms with E-state index in [1.165, 1.54) is 12.3 Å². The number of carbonyl (C=O) groups is 1. The fraction of sp³-hybridized carbons (Fsp3) is 0.500. The molecule has 0 saturated carbocycles. The SMILES string of the molecule is CN(C)CCn1ccnc1[C@H]1CCCN(C(=O)c2ccncc2F)C1. The average Bonchev–Trinajstić information content (AvgIpc) is 3.08. The standard InChI is InChI=1S/C18H24FN5O/c1-22(2)10-11-23-9-7-21-17(23)14-4-3-8-24(13-14)18(25)15-5-6-20-12-16(15)19/h5-7,9,12,14H,3-4,8,10-11,13H2,1-2H3/t14-/m0/s1. The number of likely N-dealkylation sites (tertiary alicyclic amines) is 1. The van der Waals surface area contributed by atoms with E-state index < -0.39 is 5.82 Å². The molecule has 25 heavy (non-hydrogen) atoms. The molecule has 0 aliphatic carbocycles. The first kappa shape index (κ1) is 17.5. The number of hydrogen-bond donors (Lipinski definition) is 0. The number of rotatable bonds is 5. The molecular formula is C18H24FN5O. The number of carbonyl (C=O) groups excluding carboxylic acids is 1. The Morgan fingerprint density at radius 2 is 2.24 bits per heavy atom. The fourth-order valence-electron chi connectivity index (χ4n) is 3.27. The Hall–Kier alpha value is -2.28. The molecule has 0 unspecified atom stereocenters. The molecule has 1 fully saturated rings. The average molecular weight is 345 g/mol. The summed E-state index contributed by atoms with van der Waals surface area (Å²) < 4.78 is 16.0. The van der Waals surface area contributed by atoms with Crippen LogP contribution in [-0.4, -0.2) is 64.0 Å². The van der Waals surface area contributed by atoms with Crippen molar-refractivity contribution in [3.8, 4) is 0 Å². The molecule has 0 N–H and O–H groups in total. The predicted octanol–water partition coefficient (Wildman–Crippen LogP) is 2.00. The van der Waals surface area contributed by atoms with Crippen LogP contribution in [0.15, 0.2) is 30.9 Å². The van der Waals surface area contributed by atoms with Gasteiger partial charge in [0, 0.05) is 50.7 Å². The lowest BCUT2D eigenvalue weighted by Gasteiger charge is -2.33. The molecule has 1 amide bonds. The molecular weight excluding hydrogens is 321 g/mol. The zero-order valence-electron chi connectivity index (χ0n) is 14.7. The second-order valence-electron chi connectivity index (χ2n) is 6.73. The van der Waals surface area contributed by atoms with Crippen LogP contribution in [0.25, 0.3) is 0 Å². The molecule has 1 atom stereocenters. The van der Waals surface area contributed by atoms with Crippen molar-refractivity contribution in [3.63, 3.8) is 0 Å². The van der Waals surface area contributed by atoms with Crippen molar-refractivity contribution in [2.24, 2.45) is 0 Å². The van der Waals surface area contributed by atoms with Crippen LogP contribution in [0.3, 0.4) is 0 Å². The summed E-state index contributed by atoms with van der Waals surface area (Å²) in [4.78, 5) is 24.8. The van der Waals surface area contributed by atoms with E-state index in [9.17, 15) is 9.18 Å². The molecule has 1 aliphatic rings. The van der Waals surface area contributed by atoms with E-state index in [2.05, 4.69) is 19.4 Å². The summed E-state index contributed by atoms with van der Waals surface area (Å²) in [5.74, 6) is 0.354. The smallest absolute Gasteiger partial charge is 0.256 e. The number of piperidine rings is 1. The van der Waals surface area contributed by atoms with Gasteiger partial charge in [0.15, 0.2) is 5.82 Å². The van der Waals surface area contributed by atoms with E-state index in [-0.39, 0.29) is 17.4 Å². The van der Waals surface area contributed by atoms with Crippen molar-refractivity contribution in [1.82, 2.24) is 24.3 Å². The Kier molecular flexibility index (Phi) is 5.43. The number of imidazole rings is 1. The number of pyridine rings is 1. The van der Waals surface area contributed by atoms with Gasteiger partial charge in [0.05, 0.1) is 11.8 Å². The van der Waals surface area contributed by atoms with E-state index in [4.69, 9.17) is 0 Å². The van der Waals surface area contributed by atoms with E-state index in [1.54, 1.807) is 4.90 Å². The van der Waals surface area contributed by atoms with E-state index in [0.29, 0.717) is 13.1 Å². The first-order chi connectivity index (χ1) is 12.1. The highest BCUT2D eigenvalue weighted by Crippen LogP contribution is 2.27. The summed E-state index contributed by atoms with van der Waals surface area (Å²) in [6, 6.07) is 1.44. The minimum Gasteiger partial charge on any atom is -0.338 e. The summed E-state index contributed by atoms with van der Waals surface area (Å²) >= 11 is 0. The lowest BCUT2D eigenvalue weighted by atomic mass is 9.96. The highest BCUT2D eigenvalue weighted by Gasteiger charge is 2.29. The van der Waals surface area contributed by atoms with Crippen molar-refractivity contribution >= 4 is 5.91 Å². The van der Waals surface area contributed by atoms with E-state index in [0.717, 1.165) is 38.0 Å². The van der Waals surface area contributed by atoms with Gasteiger partial charge in [-0.25, -0.2) is 9.37 Å². The predicted molar refractivity (Wildman–Crippen MR) is 92.9 cm³/mol. The molecule has 0 aromatic carbocycles. The Morgan fingerprint density at radius 1 is 1.40 bits per heavy atom. The molecule has 0 spiro atoms. The lowest BCUT2D eigenvalue weighted by molar-refractivity contribution is 0.0698. The van der Waals surface area contributed by atoms with Crippen molar-refractivity contribution in [2.75, 3.05) is 33.7 Å². The minimum atomic E-state index is -0.567. The van der Waals surface area contributed by atoms with Crippen LogP contribution in [0.2, 0.25) is 0 Å². The Bertz CT molecular complexity index is 730. The maximum absolute atomic E-state index is 13.9. The van der Waals surface area contributed by atoms with Gasteiger partial charge in [0.1, 0.15) is 5.82 Å². The third kappa shape index (κ3) is 4.04. The molecule has 1 saturated heterocycles. The summed E-state index contributed by atoms with van der Waals surface area (Å²) in [6.07, 6.45) is 8.22. The van der Waals surface area contributed by atoms with Crippen molar-refractivity contribution < 1.29 is 9.18 Å². The Balaban J connectivity index is 1.73. The van der Waals surface area contributed by atoms with Crippen LogP contribution in [0.5, 0.6) is 0 Å². The topological polar surface area (TPSA) is 54.3 Å². The second kappa shape index (κ2) is 7.74. The van der Waals surface area contributed by atoms with E-state index in [1.807, 2.05) is 26.5 Å². The summed E-state index contributed by atoms with van der Waals surface area (Å²) in [6.45, 7) is 3.02. The van der Waals surface area contributed by atoms with E-state index >= 15 is 0 Å². The maximum atomic E-state index is 13.9. The van der Waals surface area contributed by atoms with Crippen LogP contribution in [0.1, 0.15) is 34.9 Å². The second-order valence-corrected chi connectivity index (χ2v) is 6.73. The van der Waals surface area contributed by atoms with Gasteiger partial charge in [-0.1, -0.05) is 0 Å². The third-order valence-electron chi connectivity index (χ3n) is 4.61. The molecule has 2 aromatic heterocycles. The van der Waals surface area contributed by atoms with Crippen LogP contribution < -0.4 is 0 Å². The maximum Gasteiger partial charge on any atom is 0.256 e. The zero-order valence-corrected chi connectivity index (χ0v) is 14.7. The van der Waals surface area contributed by atoms with Crippen LogP contribution in [0.4, 0.5) is 4.39 Å². The highest BCUT2D eigenvalue weighted by molar-refractivity contribution is 5.94. The fourth-order valence-corrected chi connectivity index (χ4v) is 3.27. The van der Waals surface area contributed by atoms with Gasteiger partial charge >= 0.3 is 0 Å². The quantitative estimate of drug-likeness (QED) is 0.832. The summed E-state index contributed by atoms with van der Waals surface area (Å²) in [7, 11) is 4.09. The molecule has 3 heterocycles. The Morgan fingerprint density at radius 3 is 3.00 bits per heavy atom. The number of amides is 1. The molecule has 6 nitrogen and oxygen atoms in total. The molecule has 2 aromatic rings.